The van der Waals surface area contributed by atoms with Crippen molar-refractivity contribution >= 4 is 5.91 Å². The Labute approximate surface area is 132 Å². The fourth-order valence-corrected chi connectivity index (χ4v) is 3.26. The number of hydrogen-bond acceptors (Lipinski definition) is 4. The van der Waals surface area contributed by atoms with Crippen molar-refractivity contribution in [3.63, 3.8) is 0 Å². The molecule has 1 aromatic rings. The number of carbonyl (C=O) groups excluding carboxylic acids is 1. The highest BCUT2D eigenvalue weighted by atomic mass is 16.5. The van der Waals surface area contributed by atoms with Crippen LogP contribution in [0, 0.1) is 5.92 Å². The lowest BCUT2D eigenvalue weighted by Gasteiger charge is -2.13. The fourth-order valence-electron chi connectivity index (χ4n) is 3.26. The average molecular weight is 306 g/mol. The number of rotatable bonds is 6. The number of ether oxygens (including phenoxy) is 1. The first-order chi connectivity index (χ1) is 10.8. The monoisotopic (exact) mass is 306 g/mol. The summed E-state index contributed by atoms with van der Waals surface area (Å²) in [6.07, 6.45) is 4.40. The second-order valence-electron chi connectivity index (χ2n) is 6.34. The molecule has 22 heavy (non-hydrogen) atoms. The van der Waals surface area contributed by atoms with Gasteiger partial charge >= 0.3 is 0 Å². The number of nitrogens with one attached hydrogen (secondary N) is 1. The van der Waals surface area contributed by atoms with Crippen LogP contribution in [0.2, 0.25) is 0 Å². The van der Waals surface area contributed by atoms with E-state index < -0.39 is 0 Å². The number of amides is 1. The molecule has 3 heterocycles. The van der Waals surface area contributed by atoms with Crippen molar-refractivity contribution in [2.24, 2.45) is 5.92 Å². The number of carbonyl (C=O) groups is 1. The van der Waals surface area contributed by atoms with E-state index >= 15 is 0 Å². The zero-order valence-corrected chi connectivity index (χ0v) is 13.4. The van der Waals surface area contributed by atoms with Crippen LogP contribution >= 0.6 is 0 Å². The topological polar surface area (TPSA) is 54.7 Å². The molecule has 0 aromatic carbocycles. The summed E-state index contributed by atoms with van der Waals surface area (Å²) in [5.41, 5.74) is 1.17. The summed E-state index contributed by atoms with van der Waals surface area (Å²) in [5, 5.41) is 2.97. The lowest BCUT2D eigenvalue weighted by Crippen LogP contribution is -2.29. The second-order valence-corrected chi connectivity index (χ2v) is 6.34. The summed E-state index contributed by atoms with van der Waals surface area (Å²) in [4.78, 5) is 14.7. The molecule has 0 bridgehead atoms. The van der Waals surface area contributed by atoms with E-state index in [9.17, 15) is 4.79 Å². The van der Waals surface area contributed by atoms with Crippen LogP contribution in [0.3, 0.4) is 0 Å². The highest BCUT2D eigenvalue weighted by Gasteiger charge is 2.21. The SMILES string of the molecule is CCc1oc(C(=O)NCC2CCOC2)cc1CN1CCCC1. The molecule has 2 saturated heterocycles. The van der Waals surface area contributed by atoms with Gasteiger partial charge in [0.15, 0.2) is 5.76 Å². The molecule has 1 aromatic heterocycles. The fraction of sp³-hybridized carbons (Fsp3) is 0.706. The van der Waals surface area contributed by atoms with Gasteiger partial charge in [-0.2, -0.15) is 0 Å². The summed E-state index contributed by atoms with van der Waals surface area (Å²) in [6.45, 7) is 7.50. The zero-order chi connectivity index (χ0) is 15.4. The Morgan fingerprint density at radius 3 is 2.91 bits per heavy atom. The minimum Gasteiger partial charge on any atom is -0.456 e. The molecule has 0 aliphatic carbocycles. The number of hydrogen-bond donors (Lipinski definition) is 1. The first-order valence-electron chi connectivity index (χ1n) is 8.46. The van der Waals surface area contributed by atoms with E-state index in [1.165, 1.54) is 18.4 Å². The Kier molecular flexibility index (Phi) is 5.16. The van der Waals surface area contributed by atoms with Crippen molar-refractivity contribution in [1.29, 1.82) is 0 Å². The van der Waals surface area contributed by atoms with Gasteiger partial charge in [0.25, 0.3) is 5.91 Å². The highest BCUT2D eigenvalue weighted by molar-refractivity contribution is 5.91. The van der Waals surface area contributed by atoms with Crippen molar-refractivity contribution in [2.75, 3.05) is 32.8 Å². The summed E-state index contributed by atoms with van der Waals surface area (Å²) in [5.74, 6) is 1.73. The van der Waals surface area contributed by atoms with E-state index in [1.807, 2.05) is 6.07 Å². The Balaban J connectivity index is 1.59. The Morgan fingerprint density at radius 2 is 2.23 bits per heavy atom. The molecule has 1 N–H and O–H groups in total. The number of aryl methyl sites for hydroxylation is 1. The van der Waals surface area contributed by atoms with Crippen LogP contribution in [-0.4, -0.2) is 43.7 Å². The van der Waals surface area contributed by atoms with Crippen LogP contribution in [0.25, 0.3) is 0 Å². The van der Waals surface area contributed by atoms with Gasteiger partial charge in [0.1, 0.15) is 5.76 Å². The van der Waals surface area contributed by atoms with Crippen LogP contribution in [0.5, 0.6) is 0 Å². The minimum atomic E-state index is -0.103. The summed E-state index contributed by atoms with van der Waals surface area (Å²) in [6, 6.07) is 1.93. The summed E-state index contributed by atoms with van der Waals surface area (Å²) in [7, 11) is 0. The molecule has 0 saturated carbocycles. The molecule has 122 valence electrons. The van der Waals surface area contributed by atoms with E-state index in [2.05, 4.69) is 17.1 Å². The molecular weight excluding hydrogens is 280 g/mol. The van der Waals surface area contributed by atoms with E-state index in [1.54, 1.807) is 0 Å². The molecular formula is C17H26N2O3. The Morgan fingerprint density at radius 1 is 1.41 bits per heavy atom. The normalized spacial score (nSPS) is 22.3. The van der Waals surface area contributed by atoms with Crippen molar-refractivity contribution in [1.82, 2.24) is 10.2 Å². The van der Waals surface area contributed by atoms with E-state index in [-0.39, 0.29) is 5.91 Å². The molecule has 2 aliphatic rings. The molecule has 5 heteroatoms. The molecule has 5 nitrogen and oxygen atoms in total. The smallest absolute Gasteiger partial charge is 0.287 e. The lowest BCUT2D eigenvalue weighted by molar-refractivity contribution is 0.0915. The largest absolute Gasteiger partial charge is 0.456 e. The Hall–Kier alpha value is -1.33. The standard InChI is InChI=1S/C17H26N2O3/c1-2-15-14(11-19-6-3-4-7-19)9-16(22-15)17(20)18-10-13-5-8-21-12-13/h9,13H,2-8,10-12H2,1H3,(H,18,20). The van der Waals surface area contributed by atoms with Crippen molar-refractivity contribution in [3.05, 3.63) is 23.2 Å². The van der Waals surface area contributed by atoms with Gasteiger partial charge in [-0.15, -0.1) is 0 Å². The van der Waals surface area contributed by atoms with Crippen LogP contribution < -0.4 is 5.32 Å². The zero-order valence-electron chi connectivity index (χ0n) is 13.4. The summed E-state index contributed by atoms with van der Waals surface area (Å²) < 4.78 is 11.1. The molecule has 2 fully saturated rings. The number of likely N-dealkylation sites (tertiary alicyclic amines) is 1. The third kappa shape index (κ3) is 3.70. The van der Waals surface area contributed by atoms with E-state index in [0.29, 0.717) is 18.2 Å². The number of furan rings is 1. The molecule has 1 unspecified atom stereocenters. The van der Waals surface area contributed by atoms with Gasteiger partial charge in [0.05, 0.1) is 6.61 Å². The van der Waals surface area contributed by atoms with Crippen molar-refractivity contribution in [3.8, 4) is 0 Å². The van der Waals surface area contributed by atoms with Crippen LogP contribution in [0.15, 0.2) is 10.5 Å². The van der Waals surface area contributed by atoms with E-state index in [0.717, 1.165) is 51.4 Å². The van der Waals surface area contributed by atoms with Crippen LogP contribution in [0.4, 0.5) is 0 Å². The average Bonchev–Trinajstić information content (AvgIpc) is 3.27. The predicted molar refractivity (Wildman–Crippen MR) is 83.9 cm³/mol. The van der Waals surface area contributed by atoms with Crippen molar-refractivity contribution in [2.45, 2.75) is 39.2 Å². The maximum Gasteiger partial charge on any atom is 0.287 e. The minimum absolute atomic E-state index is 0.103. The first kappa shape index (κ1) is 15.6. The lowest BCUT2D eigenvalue weighted by atomic mass is 10.1. The third-order valence-corrected chi connectivity index (χ3v) is 4.61. The Bertz CT molecular complexity index is 500. The third-order valence-electron chi connectivity index (χ3n) is 4.61. The second kappa shape index (κ2) is 7.29. The van der Waals surface area contributed by atoms with Crippen LogP contribution in [-0.2, 0) is 17.7 Å². The molecule has 0 spiro atoms. The van der Waals surface area contributed by atoms with Gasteiger partial charge in [0, 0.05) is 37.6 Å². The van der Waals surface area contributed by atoms with Gasteiger partial charge < -0.3 is 14.5 Å². The highest BCUT2D eigenvalue weighted by Crippen LogP contribution is 2.21. The van der Waals surface area contributed by atoms with Gasteiger partial charge in [0.2, 0.25) is 0 Å². The van der Waals surface area contributed by atoms with Crippen LogP contribution in [0.1, 0.15) is 48.1 Å². The predicted octanol–water partition coefficient (Wildman–Crippen LogP) is 2.20. The molecule has 2 aliphatic heterocycles. The molecule has 3 rings (SSSR count). The maximum atomic E-state index is 12.3. The van der Waals surface area contributed by atoms with Gasteiger partial charge in [-0.1, -0.05) is 6.92 Å². The molecule has 1 atom stereocenters. The van der Waals surface area contributed by atoms with Gasteiger partial charge in [-0.25, -0.2) is 0 Å². The number of nitrogens with zero attached hydrogens (tertiary/aromatic N) is 1. The van der Waals surface area contributed by atoms with Crippen molar-refractivity contribution < 1.29 is 13.9 Å². The van der Waals surface area contributed by atoms with Gasteiger partial charge in [-0.05, 0) is 38.4 Å². The maximum absolute atomic E-state index is 12.3. The molecule has 0 radical (unpaired) electrons. The van der Waals surface area contributed by atoms with E-state index in [4.69, 9.17) is 9.15 Å². The quantitative estimate of drug-likeness (QED) is 0.875. The first-order valence-corrected chi connectivity index (χ1v) is 8.46. The summed E-state index contributed by atoms with van der Waals surface area (Å²) >= 11 is 0. The van der Waals surface area contributed by atoms with Gasteiger partial charge in [-0.3, -0.25) is 9.69 Å². The molecule has 1 amide bonds.